The Hall–Kier alpha value is -1.53. The molecule has 3 heteroatoms. The summed E-state index contributed by atoms with van der Waals surface area (Å²) in [5, 5.41) is 12.5. The van der Waals surface area contributed by atoms with Crippen LogP contribution in [0.25, 0.3) is 0 Å². The molecule has 0 saturated heterocycles. The van der Waals surface area contributed by atoms with Crippen LogP contribution >= 0.6 is 0 Å². The highest BCUT2D eigenvalue weighted by molar-refractivity contribution is 5.20. The molecule has 0 radical (unpaired) electrons. The van der Waals surface area contributed by atoms with Gasteiger partial charge in [0.1, 0.15) is 11.3 Å². The lowest BCUT2D eigenvalue weighted by Crippen LogP contribution is -2.45. The van der Waals surface area contributed by atoms with Crippen molar-refractivity contribution in [2.75, 3.05) is 6.61 Å². The SMILES string of the molecule is CC(C)NC(C)(C#N)CCCOc1ccccc1. The minimum atomic E-state index is -0.464. The maximum Gasteiger partial charge on any atom is 0.119 e. The predicted molar refractivity (Wildman–Crippen MR) is 73.5 cm³/mol. The summed E-state index contributed by atoms with van der Waals surface area (Å²) in [6.07, 6.45) is 1.65. The van der Waals surface area contributed by atoms with Crippen LogP contribution in [0.4, 0.5) is 0 Å². The summed E-state index contributed by atoms with van der Waals surface area (Å²) < 4.78 is 5.61. The molecule has 0 aliphatic heterocycles. The smallest absolute Gasteiger partial charge is 0.119 e. The highest BCUT2D eigenvalue weighted by atomic mass is 16.5. The van der Waals surface area contributed by atoms with Crippen molar-refractivity contribution in [2.24, 2.45) is 0 Å². The van der Waals surface area contributed by atoms with Gasteiger partial charge < -0.3 is 4.74 Å². The molecule has 0 heterocycles. The van der Waals surface area contributed by atoms with Crippen LogP contribution in [0.1, 0.15) is 33.6 Å². The van der Waals surface area contributed by atoms with E-state index in [4.69, 9.17) is 4.74 Å². The number of nitriles is 1. The van der Waals surface area contributed by atoms with Crippen molar-refractivity contribution < 1.29 is 4.74 Å². The maximum atomic E-state index is 9.20. The van der Waals surface area contributed by atoms with E-state index in [0.717, 1.165) is 18.6 Å². The normalized spacial score (nSPS) is 13.9. The van der Waals surface area contributed by atoms with Gasteiger partial charge in [0.05, 0.1) is 12.7 Å². The van der Waals surface area contributed by atoms with Crippen LogP contribution < -0.4 is 10.1 Å². The molecule has 3 nitrogen and oxygen atoms in total. The number of nitrogens with zero attached hydrogens (tertiary/aromatic N) is 1. The van der Waals surface area contributed by atoms with E-state index < -0.39 is 5.54 Å². The first kappa shape index (κ1) is 14.5. The van der Waals surface area contributed by atoms with Gasteiger partial charge in [0.15, 0.2) is 0 Å². The van der Waals surface area contributed by atoms with Crippen molar-refractivity contribution in [3.63, 3.8) is 0 Å². The van der Waals surface area contributed by atoms with Crippen molar-refractivity contribution in [3.8, 4) is 11.8 Å². The Labute approximate surface area is 110 Å². The Morgan fingerprint density at radius 2 is 2.00 bits per heavy atom. The summed E-state index contributed by atoms with van der Waals surface area (Å²) in [4.78, 5) is 0. The number of ether oxygens (including phenoxy) is 1. The summed E-state index contributed by atoms with van der Waals surface area (Å²) in [6.45, 7) is 6.68. The van der Waals surface area contributed by atoms with Gasteiger partial charge in [0.25, 0.3) is 0 Å². The molecule has 0 aromatic heterocycles. The van der Waals surface area contributed by atoms with Crippen molar-refractivity contribution in [1.82, 2.24) is 5.32 Å². The average molecular weight is 246 g/mol. The number of nitrogens with one attached hydrogen (secondary N) is 1. The van der Waals surface area contributed by atoms with Gasteiger partial charge in [-0.1, -0.05) is 18.2 Å². The summed E-state index contributed by atoms with van der Waals surface area (Å²) in [6, 6.07) is 12.4. The van der Waals surface area contributed by atoms with Gasteiger partial charge in [0, 0.05) is 6.04 Å². The van der Waals surface area contributed by atoms with Crippen LogP contribution in [0.15, 0.2) is 30.3 Å². The first-order valence-electron chi connectivity index (χ1n) is 6.42. The molecule has 0 aliphatic carbocycles. The summed E-state index contributed by atoms with van der Waals surface area (Å²) in [7, 11) is 0. The zero-order valence-corrected chi connectivity index (χ0v) is 11.4. The highest BCUT2D eigenvalue weighted by Crippen LogP contribution is 2.14. The molecule has 0 bridgehead atoms. The fourth-order valence-corrected chi connectivity index (χ4v) is 1.93. The molecule has 0 fully saturated rings. The van der Waals surface area contributed by atoms with Crippen molar-refractivity contribution in [3.05, 3.63) is 30.3 Å². The molecule has 1 N–H and O–H groups in total. The zero-order chi connectivity index (χ0) is 13.4. The molecular formula is C15H22N2O. The van der Waals surface area contributed by atoms with E-state index in [0.29, 0.717) is 12.6 Å². The minimum absolute atomic E-state index is 0.310. The van der Waals surface area contributed by atoms with E-state index in [2.05, 4.69) is 25.2 Å². The van der Waals surface area contributed by atoms with Crippen LogP contribution in [0.3, 0.4) is 0 Å². The van der Waals surface area contributed by atoms with Gasteiger partial charge in [-0.3, -0.25) is 5.32 Å². The molecular weight excluding hydrogens is 224 g/mol. The molecule has 1 atom stereocenters. The Kier molecular flexibility index (Phi) is 5.67. The van der Waals surface area contributed by atoms with Crippen molar-refractivity contribution in [1.29, 1.82) is 5.26 Å². The maximum absolute atomic E-state index is 9.20. The fraction of sp³-hybridized carbons (Fsp3) is 0.533. The van der Waals surface area contributed by atoms with Crippen LogP contribution in [-0.4, -0.2) is 18.2 Å². The number of benzene rings is 1. The lowest BCUT2D eigenvalue weighted by atomic mass is 9.97. The quantitative estimate of drug-likeness (QED) is 0.752. The molecule has 0 saturated carbocycles. The standard InChI is InChI=1S/C15H22N2O/c1-13(2)17-15(3,12-16)10-7-11-18-14-8-5-4-6-9-14/h4-6,8-9,13,17H,7,10-11H2,1-3H3. The third-order valence-electron chi connectivity index (χ3n) is 2.69. The van der Waals surface area contributed by atoms with Crippen LogP contribution in [0.2, 0.25) is 0 Å². The molecule has 1 unspecified atom stereocenters. The third kappa shape index (κ3) is 5.20. The monoisotopic (exact) mass is 246 g/mol. The topological polar surface area (TPSA) is 45.0 Å². The van der Waals surface area contributed by atoms with Crippen LogP contribution in [0.5, 0.6) is 5.75 Å². The van der Waals surface area contributed by atoms with Crippen molar-refractivity contribution >= 4 is 0 Å². The van der Waals surface area contributed by atoms with Gasteiger partial charge >= 0.3 is 0 Å². The van der Waals surface area contributed by atoms with Gasteiger partial charge in [-0.2, -0.15) is 5.26 Å². The Morgan fingerprint density at radius 3 is 2.56 bits per heavy atom. The first-order chi connectivity index (χ1) is 8.56. The van der Waals surface area contributed by atoms with E-state index in [1.165, 1.54) is 0 Å². The second kappa shape index (κ2) is 7.03. The molecule has 0 spiro atoms. The van der Waals surface area contributed by atoms with Gasteiger partial charge in [-0.25, -0.2) is 0 Å². The average Bonchev–Trinajstić information content (AvgIpc) is 2.35. The molecule has 1 aromatic rings. The highest BCUT2D eigenvalue weighted by Gasteiger charge is 2.23. The van der Waals surface area contributed by atoms with Gasteiger partial charge in [0.2, 0.25) is 0 Å². The number of para-hydroxylation sites is 1. The Bertz CT molecular complexity index is 383. The number of hydrogen-bond acceptors (Lipinski definition) is 3. The Morgan fingerprint density at radius 1 is 1.33 bits per heavy atom. The molecule has 0 amide bonds. The first-order valence-corrected chi connectivity index (χ1v) is 6.42. The Balaban J connectivity index is 2.30. The second-order valence-corrected chi connectivity index (χ2v) is 5.01. The largest absolute Gasteiger partial charge is 0.494 e. The molecule has 0 aliphatic rings. The van der Waals surface area contributed by atoms with Crippen LogP contribution in [-0.2, 0) is 0 Å². The predicted octanol–water partition coefficient (Wildman–Crippen LogP) is 3.13. The lowest BCUT2D eigenvalue weighted by Gasteiger charge is -2.25. The van der Waals surface area contributed by atoms with E-state index in [1.54, 1.807) is 0 Å². The number of rotatable bonds is 7. The molecule has 98 valence electrons. The number of hydrogen-bond donors (Lipinski definition) is 1. The van der Waals surface area contributed by atoms with E-state index in [9.17, 15) is 5.26 Å². The zero-order valence-electron chi connectivity index (χ0n) is 11.4. The van der Waals surface area contributed by atoms with Gasteiger partial charge in [-0.15, -0.1) is 0 Å². The molecule has 18 heavy (non-hydrogen) atoms. The summed E-state index contributed by atoms with van der Waals surface area (Å²) in [5.41, 5.74) is -0.464. The van der Waals surface area contributed by atoms with E-state index >= 15 is 0 Å². The lowest BCUT2D eigenvalue weighted by molar-refractivity contribution is 0.280. The van der Waals surface area contributed by atoms with E-state index in [1.807, 2.05) is 37.3 Å². The minimum Gasteiger partial charge on any atom is -0.494 e. The summed E-state index contributed by atoms with van der Waals surface area (Å²) >= 11 is 0. The van der Waals surface area contributed by atoms with Crippen molar-refractivity contribution in [2.45, 2.75) is 45.2 Å². The molecule has 1 rings (SSSR count). The second-order valence-electron chi connectivity index (χ2n) is 5.01. The fourth-order valence-electron chi connectivity index (χ4n) is 1.93. The molecule has 1 aromatic carbocycles. The summed E-state index contributed by atoms with van der Waals surface area (Å²) in [5.74, 6) is 0.882. The van der Waals surface area contributed by atoms with Crippen LogP contribution in [0, 0.1) is 11.3 Å². The van der Waals surface area contributed by atoms with E-state index in [-0.39, 0.29) is 0 Å². The van der Waals surface area contributed by atoms with Gasteiger partial charge in [-0.05, 0) is 45.7 Å². The third-order valence-corrected chi connectivity index (χ3v) is 2.69.